The van der Waals surface area contributed by atoms with Crippen LogP contribution in [0, 0.1) is 0 Å². The van der Waals surface area contributed by atoms with Crippen LogP contribution < -0.4 is 0 Å². The predicted molar refractivity (Wildman–Crippen MR) is 50.6 cm³/mol. The van der Waals surface area contributed by atoms with Crippen molar-refractivity contribution in [3.63, 3.8) is 0 Å². The normalized spacial score (nSPS) is 12.2. The van der Waals surface area contributed by atoms with Gasteiger partial charge >= 0.3 is 0 Å². The van der Waals surface area contributed by atoms with Crippen molar-refractivity contribution in [3.05, 3.63) is 42.0 Å². The van der Waals surface area contributed by atoms with Crippen molar-refractivity contribution in [3.8, 4) is 0 Å². The second kappa shape index (κ2) is 4.57. The summed E-state index contributed by atoms with van der Waals surface area (Å²) in [5.74, 6) is 0. The Morgan fingerprint density at radius 1 is 1.33 bits per heavy atom. The molecule has 1 rings (SSSR count). The standard InChI is InChI=1S/C9H8ClNO/c10-9(6-7-11-12)8-4-2-1-3-5-8/h1-7,12H/b9-6-,11-7+. The van der Waals surface area contributed by atoms with Gasteiger partial charge in [-0.2, -0.15) is 0 Å². The Morgan fingerprint density at radius 3 is 2.58 bits per heavy atom. The SMILES string of the molecule is O/N=C/C=C(\Cl)c1ccccc1. The molecule has 0 aliphatic heterocycles. The first-order valence-corrected chi connectivity index (χ1v) is 3.81. The molecule has 0 fully saturated rings. The molecule has 0 aliphatic rings. The smallest absolute Gasteiger partial charge is 0.0676 e. The van der Waals surface area contributed by atoms with E-state index in [0.29, 0.717) is 5.03 Å². The Labute approximate surface area is 75.8 Å². The average molecular weight is 182 g/mol. The molecule has 12 heavy (non-hydrogen) atoms. The Bertz CT molecular complexity index is 293. The molecule has 0 amide bonds. The summed E-state index contributed by atoms with van der Waals surface area (Å²) in [6.45, 7) is 0. The molecule has 0 radical (unpaired) electrons. The first kappa shape index (κ1) is 8.81. The highest BCUT2D eigenvalue weighted by Gasteiger charge is 1.93. The van der Waals surface area contributed by atoms with E-state index in [-0.39, 0.29) is 0 Å². The first-order chi connectivity index (χ1) is 5.84. The van der Waals surface area contributed by atoms with Crippen molar-refractivity contribution >= 4 is 22.8 Å². The van der Waals surface area contributed by atoms with Gasteiger partial charge in [0.15, 0.2) is 0 Å². The third-order valence-electron chi connectivity index (χ3n) is 1.34. The van der Waals surface area contributed by atoms with Crippen LogP contribution in [0.5, 0.6) is 0 Å². The van der Waals surface area contributed by atoms with Crippen molar-refractivity contribution in [2.24, 2.45) is 5.16 Å². The molecule has 0 bridgehead atoms. The largest absolute Gasteiger partial charge is 0.411 e. The quantitative estimate of drug-likeness (QED) is 0.425. The molecular weight excluding hydrogens is 174 g/mol. The summed E-state index contributed by atoms with van der Waals surface area (Å²) in [6, 6.07) is 9.45. The van der Waals surface area contributed by atoms with Crippen LogP contribution in [0.2, 0.25) is 0 Å². The summed E-state index contributed by atoms with van der Waals surface area (Å²) in [4.78, 5) is 0. The summed E-state index contributed by atoms with van der Waals surface area (Å²) in [5.41, 5.74) is 0.902. The number of hydrogen-bond donors (Lipinski definition) is 1. The van der Waals surface area contributed by atoms with Crippen LogP contribution in [0.1, 0.15) is 5.56 Å². The number of hydrogen-bond acceptors (Lipinski definition) is 2. The topological polar surface area (TPSA) is 32.6 Å². The minimum Gasteiger partial charge on any atom is -0.411 e. The van der Waals surface area contributed by atoms with E-state index in [0.717, 1.165) is 5.56 Å². The van der Waals surface area contributed by atoms with Crippen molar-refractivity contribution in [2.75, 3.05) is 0 Å². The average Bonchev–Trinajstić information content (AvgIpc) is 2.15. The van der Waals surface area contributed by atoms with Gasteiger partial charge in [0, 0.05) is 5.03 Å². The first-order valence-electron chi connectivity index (χ1n) is 3.43. The lowest BCUT2D eigenvalue weighted by Crippen LogP contribution is -1.75. The second-order valence-electron chi connectivity index (χ2n) is 2.15. The molecule has 0 spiro atoms. The minimum atomic E-state index is 0.549. The van der Waals surface area contributed by atoms with Crippen LogP contribution in [0.3, 0.4) is 0 Å². The third kappa shape index (κ3) is 2.40. The van der Waals surface area contributed by atoms with Crippen molar-refractivity contribution in [1.29, 1.82) is 0 Å². The fourth-order valence-corrected chi connectivity index (χ4v) is 0.975. The van der Waals surface area contributed by atoms with Gasteiger partial charge in [0.05, 0.1) is 6.21 Å². The van der Waals surface area contributed by atoms with Gasteiger partial charge in [-0.05, 0) is 11.6 Å². The molecule has 0 saturated carbocycles. The highest BCUT2D eigenvalue weighted by molar-refractivity contribution is 6.49. The molecule has 0 aliphatic carbocycles. The number of nitrogens with zero attached hydrogens (tertiary/aromatic N) is 1. The van der Waals surface area contributed by atoms with Gasteiger partial charge in [0.1, 0.15) is 0 Å². The van der Waals surface area contributed by atoms with E-state index in [9.17, 15) is 0 Å². The van der Waals surface area contributed by atoms with E-state index in [2.05, 4.69) is 5.16 Å². The van der Waals surface area contributed by atoms with Gasteiger partial charge in [0.2, 0.25) is 0 Å². The molecule has 0 atom stereocenters. The molecule has 0 aromatic heterocycles. The van der Waals surface area contributed by atoms with E-state index in [1.807, 2.05) is 30.3 Å². The summed E-state index contributed by atoms with van der Waals surface area (Å²) >= 11 is 5.84. The number of halogens is 1. The summed E-state index contributed by atoms with van der Waals surface area (Å²) in [5, 5.41) is 11.5. The number of benzene rings is 1. The molecular formula is C9H8ClNO. The molecule has 3 heteroatoms. The zero-order valence-electron chi connectivity index (χ0n) is 6.31. The number of allylic oxidation sites excluding steroid dienone is 1. The minimum absolute atomic E-state index is 0.549. The fraction of sp³-hybridized carbons (Fsp3) is 0. The van der Waals surface area contributed by atoms with Crippen LogP contribution in [0.4, 0.5) is 0 Å². The van der Waals surface area contributed by atoms with Crippen LogP contribution in [0.15, 0.2) is 41.6 Å². The van der Waals surface area contributed by atoms with Crippen LogP contribution in [-0.4, -0.2) is 11.4 Å². The molecule has 0 heterocycles. The van der Waals surface area contributed by atoms with Crippen LogP contribution >= 0.6 is 11.6 Å². The van der Waals surface area contributed by atoms with Crippen molar-refractivity contribution < 1.29 is 5.21 Å². The van der Waals surface area contributed by atoms with E-state index in [4.69, 9.17) is 16.8 Å². The van der Waals surface area contributed by atoms with E-state index >= 15 is 0 Å². The van der Waals surface area contributed by atoms with E-state index in [1.165, 1.54) is 12.3 Å². The predicted octanol–water partition coefficient (Wildman–Crippen LogP) is 2.73. The third-order valence-corrected chi connectivity index (χ3v) is 1.68. The summed E-state index contributed by atoms with van der Waals surface area (Å²) < 4.78 is 0. The molecule has 1 aromatic carbocycles. The van der Waals surface area contributed by atoms with Gasteiger partial charge in [-0.25, -0.2) is 0 Å². The van der Waals surface area contributed by atoms with Crippen molar-refractivity contribution in [2.45, 2.75) is 0 Å². The van der Waals surface area contributed by atoms with Gasteiger partial charge < -0.3 is 5.21 Å². The zero-order chi connectivity index (χ0) is 8.81. The Kier molecular flexibility index (Phi) is 3.35. The Hall–Kier alpha value is -1.28. The highest BCUT2D eigenvalue weighted by Crippen LogP contribution is 2.16. The molecule has 1 N–H and O–H groups in total. The van der Waals surface area contributed by atoms with Gasteiger partial charge in [-0.15, -0.1) is 0 Å². The molecule has 62 valence electrons. The lowest BCUT2D eigenvalue weighted by Gasteiger charge is -1.94. The Morgan fingerprint density at radius 2 is 2.00 bits per heavy atom. The fourth-order valence-electron chi connectivity index (χ4n) is 0.792. The maximum atomic E-state index is 8.13. The monoisotopic (exact) mass is 181 g/mol. The van der Waals surface area contributed by atoms with Gasteiger partial charge in [-0.1, -0.05) is 47.1 Å². The maximum absolute atomic E-state index is 8.13. The maximum Gasteiger partial charge on any atom is 0.0676 e. The summed E-state index contributed by atoms with van der Waals surface area (Å²) in [7, 11) is 0. The molecule has 2 nitrogen and oxygen atoms in total. The zero-order valence-corrected chi connectivity index (χ0v) is 7.07. The number of oxime groups is 1. The van der Waals surface area contributed by atoms with E-state index < -0.39 is 0 Å². The van der Waals surface area contributed by atoms with Gasteiger partial charge in [-0.3, -0.25) is 0 Å². The summed E-state index contributed by atoms with van der Waals surface area (Å²) in [6.07, 6.45) is 2.76. The van der Waals surface area contributed by atoms with Gasteiger partial charge in [0.25, 0.3) is 0 Å². The second-order valence-corrected chi connectivity index (χ2v) is 2.55. The molecule has 0 saturated heterocycles. The van der Waals surface area contributed by atoms with Crippen LogP contribution in [-0.2, 0) is 0 Å². The molecule has 1 aromatic rings. The van der Waals surface area contributed by atoms with Crippen LogP contribution in [0.25, 0.3) is 5.03 Å². The Balaban J connectivity index is 2.85. The van der Waals surface area contributed by atoms with Crippen molar-refractivity contribution in [1.82, 2.24) is 0 Å². The lowest BCUT2D eigenvalue weighted by atomic mass is 10.2. The lowest BCUT2D eigenvalue weighted by molar-refractivity contribution is 0.322. The molecule has 0 unspecified atom stereocenters. The highest BCUT2D eigenvalue weighted by atomic mass is 35.5. The number of rotatable bonds is 2. The van der Waals surface area contributed by atoms with E-state index in [1.54, 1.807) is 0 Å².